The van der Waals surface area contributed by atoms with E-state index in [1.807, 2.05) is 33.7 Å². The predicted octanol–water partition coefficient (Wildman–Crippen LogP) is 2.46. The molecule has 2 saturated heterocycles. The van der Waals surface area contributed by atoms with Gasteiger partial charge in [-0.3, -0.25) is 9.36 Å². The summed E-state index contributed by atoms with van der Waals surface area (Å²) in [4.78, 5) is 14.7. The molecule has 144 valence electrons. The maximum atomic E-state index is 12.7. The summed E-state index contributed by atoms with van der Waals surface area (Å²) in [6, 6.07) is 7.55. The number of likely N-dealkylation sites (tertiary alicyclic amines) is 1. The highest BCUT2D eigenvalue weighted by atomic mass is 16.5. The zero-order valence-electron chi connectivity index (χ0n) is 15.5. The van der Waals surface area contributed by atoms with Crippen molar-refractivity contribution in [2.24, 2.45) is 0 Å². The molecule has 1 aromatic carbocycles. The van der Waals surface area contributed by atoms with Gasteiger partial charge >= 0.3 is 0 Å². The van der Waals surface area contributed by atoms with Crippen molar-refractivity contribution in [3.63, 3.8) is 0 Å². The SMILES string of the molecule is O=C(c1ccc(-n2cnnc2)cc1)N1CCC(OCC2CCCCO2)CC1. The van der Waals surface area contributed by atoms with Gasteiger partial charge < -0.3 is 14.4 Å². The standard InChI is InChI=1S/C20H26N4O3/c25-20(16-4-6-17(7-5-16)24-14-21-22-15-24)23-10-8-18(9-11-23)27-13-19-3-1-2-12-26-19/h4-7,14-15,18-19H,1-3,8-13H2. The Kier molecular flexibility index (Phi) is 5.79. The second-order valence-corrected chi connectivity index (χ2v) is 7.23. The number of hydrogen-bond donors (Lipinski definition) is 0. The normalized spacial score (nSPS) is 21.3. The lowest BCUT2D eigenvalue weighted by molar-refractivity contribution is -0.0733. The summed E-state index contributed by atoms with van der Waals surface area (Å²) in [7, 11) is 0. The van der Waals surface area contributed by atoms with Crippen LogP contribution in [0.25, 0.3) is 5.69 Å². The van der Waals surface area contributed by atoms with Crippen LogP contribution >= 0.6 is 0 Å². The van der Waals surface area contributed by atoms with Gasteiger partial charge in [0, 0.05) is 30.9 Å². The van der Waals surface area contributed by atoms with Crippen LogP contribution in [-0.4, -0.2) is 64.1 Å². The summed E-state index contributed by atoms with van der Waals surface area (Å²) in [6.07, 6.45) is 9.03. The summed E-state index contributed by atoms with van der Waals surface area (Å²) in [6.45, 7) is 3.02. The first-order valence-corrected chi connectivity index (χ1v) is 9.77. The van der Waals surface area contributed by atoms with Gasteiger partial charge in [-0.05, 0) is 56.4 Å². The smallest absolute Gasteiger partial charge is 0.253 e. The molecule has 0 spiro atoms. The molecule has 4 rings (SSSR count). The molecule has 0 radical (unpaired) electrons. The number of carbonyl (C=O) groups excluding carboxylic acids is 1. The van der Waals surface area contributed by atoms with Crippen molar-refractivity contribution in [1.29, 1.82) is 0 Å². The monoisotopic (exact) mass is 370 g/mol. The van der Waals surface area contributed by atoms with E-state index in [1.54, 1.807) is 12.7 Å². The van der Waals surface area contributed by atoms with E-state index in [0.717, 1.165) is 51.1 Å². The van der Waals surface area contributed by atoms with E-state index in [1.165, 1.54) is 6.42 Å². The molecule has 0 bridgehead atoms. The third-order valence-electron chi connectivity index (χ3n) is 5.35. The number of amides is 1. The van der Waals surface area contributed by atoms with E-state index >= 15 is 0 Å². The molecule has 0 saturated carbocycles. The molecule has 1 amide bonds. The van der Waals surface area contributed by atoms with E-state index in [9.17, 15) is 4.79 Å². The molecule has 27 heavy (non-hydrogen) atoms. The first-order chi connectivity index (χ1) is 13.3. The van der Waals surface area contributed by atoms with Crippen molar-refractivity contribution < 1.29 is 14.3 Å². The maximum Gasteiger partial charge on any atom is 0.253 e. The van der Waals surface area contributed by atoms with Crippen LogP contribution in [0.5, 0.6) is 0 Å². The summed E-state index contributed by atoms with van der Waals surface area (Å²) < 4.78 is 13.6. The Morgan fingerprint density at radius 2 is 1.81 bits per heavy atom. The van der Waals surface area contributed by atoms with E-state index < -0.39 is 0 Å². The molecule has 1 unspecified atom stereocenters. The van der Waals surface area contributed by atoms with Crippen LogP contribution in [0.1, 0.15) is 42.5 Å². The quantitative estimate of drug-likeness (QED) is 0.809. The predicted molar refractivity (Wildman–Crippen MR) is 99.8 cm³/mol. The molecule has 7 heteroatoms. The summed E-state index contributed by atoms with van der Waals surface area (Å²) in [5.74, 6) is 0.0827. The van der Waals surface area contributed by atoms with Crippen LogP contribution in [0.4, 0.5) is 0 Å². The molecule has 1 atom stereocenters. The minimum Gasteiger partial charge on any atom is -0.376 e. The van der Waals surface area contributed by atoms with Crippen molar-refractivity contribution in [3.8, 4) is 5.69 Å². The minimum absolute atomic E-state index is 0.0827. The van der Waals surface area contributed by atoms with Crippen LogP contribution < -0.4 is 0 Å². The fraction of sp³-hybridized carbons (Fsp3) is 0.550. The zero-order valence-corrected chi connectivity index (χ0v) is 15.5. The number of nitrogens with zero attached hydrogens (tertiary/aromatic N) is 4. The fourth-order valence-electron chi connectivity index (χ4n) is 3.70. The van der Waals surface area contributed by atoms with E-state index in [-0.39, 0.29) is 18.1 Å². The Morgan fingerprint density at radius 3 is 2.48 bits per heavy atom. The van der Waals surface area contributed by atoms with Crippen molar-refractivity contribution in [3.05, 3.63) is 42.5 Å². The molecule has 0 aliphatic carbocycles. The lowest BCUT2D eigenvalue weighted by Crippen LogP contribution is -2.41. The molecule has 2 fully saturated rings. The number of aromatic nitrogens is 3. The Labute approximate surface area is 159 Å². The van der Waals surface area contributed by atoms with Gasteiger partial charge in [0.1, 0.15) is 12.7 Å². The lowest BCUT2D eigenvalue weighted by atomic mass is 10.1. The molecular formula is C20H26N4O3. The van der Waals surface area contributed by atoms with Crippen LogP contribution in [0.15, 0.2) is 36.9 Å². The van der Waals surface area contributed by atoms with E-state index in [0.29, 0.717) is 12.2 Å². The third-order valence-corrected chi connectivity index (χ3v) is 5.35. The van der Waals surface area contributed by atoms with Crippen molar-refractivity contribution >= 4 is 5.91 Å². The number of hydrogen-bond acceptors (Lipinski definition) is 5. The Hall–Kier alpha value is -2.25. The summed E-state index contributed by atoms with van der Waals surface area (Å²) >= 11 is 0. The van der Waals surface area contributed by atoms with Gasteiger partial charge in [0.15, 0.2) is 0 Å². The molecule has 2 aliphatic rings. The first kappa shape index (κ1) is 18.1. The van der Waals surface area contributed by atoms with Gasteiger partial charge in [-0.15, -0.1) is 10.2 Å². The Balaban J connectivity index is 1.25. The molecule has 7 nitrogen and oxygen atoms in total. The maximum absolute atomic E-state index is 12.7. The number of rotatable bonds is 5. The summed E-state index contributed by atoms with van der Waals surface area (Å²) in [5.41, 5.74) is 1.65. The average Bonchev–Trinajstić information content (AvgIpc) is 3.28. The van der Waals surface area contributed by atoms with Gasteiger partial charge in [-0.25, -0.2) is 0 Å². The van der Waals surface area contributed by atoms with E-state index in [4.69, 9.17) is 9.47 Å². The Morgan fingerprint density at radius 1 is 1.07 bits per heavy atom. The summed E-state index contributed by atoms with van der Waals surface area (Å²) in [5, 5.41) is 7.60. The second kappa shape index (κ2) is 8.63. The van der Waals surface area contributed by atoms with Crippen LogP contribution in [0, 0.1) is 0 Å². The van der Waals surface area contributed by atoms with Gasteiger partial charge in [-0.2, -0.15) is 0 Å². The molecule has 3 heterocycles. The van der Waals surface area contributed by atoms with Crippen LogP contribution in [-0.2, 0) is 9.47 Å². The second-order valence-electron chi connectivity index (χ2n) is 7.23. The highest BCUT2D eigenvalue weighted by Gasteiger charge is 2.25. The first-order valence-electron chi connectivity index (χ1n) is 9.77. The molecular weight excluding hydrogens is 344 g/mol. The van der Waals surface area contributed by atoms with Crippen molar-refractivity contribution in [2.45, 2.75) is 44.3 Å². The number of ether oxygens (including phenoxy) is 2. The van der Waals surface area contributed by atoms with Gasteiger partial charge in [0.2, 0.25) is 0 Å². The highest BCUT2D eigenvalue weighted by Crippen LogP contribution is 2.19. The molecule has 2 aliphatic heterocycles. The minimum atomic E-state index is 0.0827. The van der Waals surface area contributed by atoms with Gasteiger partial charge in [-0.1, -0.05) is 0 Å². The largest absolute Gasteiger partial charge is 0.376 e. The van der Waals surface area contributed by atoms with Gasteiger partial charge in [0.25, 0.3) is 5.91 Å². The number of benzene rings is 1. The van der Waals surface area contributed by atoms with Gasteiger partial charge in [0.05, 0.1) is 18.8 Å². The third kappa shape index (κ3) is 4.54. The number of carbonyl (C=O) groups is 1. The topological polar surface area (TPSA) is 69.5 Å². The van der Waals surface area contributed by atoms with Crippen molar-refractivity contribution in [2.75, 3.05) is 26.3 Å². The Bertz CT molecular complexity index is 718. The highest BCUT2D eigenvalue weighted by molar-refractivity contribution is 5.94. The lowest BCUT2D eigenvalue weighted by Gasteiger charge is -2.33. The van der Waals surface area contributed by atoms with E-state index in [2.05, 4.69) is 10.2 Å². The molecule has 1 aromatic heterocycles. The van der Waals surface area contributed by atoms with Crippen LogP contribution in [0.2, 0.25) is 0 Å². The van der Waals surface area contributed by atoms with Crippen molar-refractivity contribution in [1.82, 2.24) is 19.7 Å². The molecule has 0 N–H and O–H groups in total. The fourth-order valence-corrected chi connectivity index (χ4v) is 3.70. The van der Waals surface area contributed by atoms with Crippen LogP contribution in [0.3, 0.4) is 0 Å². The zero-order chi connectivity index (χ0) is 18.5. The number of piperidine rings is 1. The molecule has 2 aromatic rings. The average molecular weight is 370 g/mol.